The zero-order chi connectivity index (χ0) is 19.6. The fourth-order valence-corrected chi connectivity index (χ4v) is 3.05. The summed E-state index contributed by atoms with van der Waals surface area (Å²) in [5.41, 5.74) is 2.53. The van der Waals surface area contributed by atoms with Crippen molar-refractivity contribution in [2.45, 2.75) is 19.8 Å². The average molecular weight is 380 g/mol. The number of benzene rings is 2. The number of nitrogens with zero attached hydrogens (tertiary/aromatic N) is 1. The Kier molecular flexibility index (Phi) is 5.37. The van der Waals surface area contributed by atoms with Crippen LogP contribution in [0.3, 0.4) is 0 Å². The second-order valence-corrected chi connectivity index (χ2v) is 6.86. The van der Waals surface area contributed by atoms with E-state index in [4.69, 9.17) is 17.0 Å². The number of hydrogen-bond donors (Lipinski definition) is 1. The van der Waals surface area contributed by atoms with Gasteiger partial charge in [-0.25, -0.2) is 0 Å². The lowest BCUT2D eigenvalue weighted by Gasteiger charge is -2.29. The van der Waals surface area contributed by atoms with Gasteiger partial charge < -0.3 is 4.74 Å². The van der Waals surface area contributed by atoms with Crippen molar-refractivity contribution in [2.24, 2.45) is 0 Å². The van der Waals surface area contributed by atoms with Gasteiger partial charge in [0.15, 0.2) is 5.11 Å². The minimum Gasteiger partial charge on any atom is -0.497 e. The highest BCUT2D eigenvalue weighted by Gasteiger charge is 2.34. The van der Waals surface area contributed by atoms with E-state index in [1.54, 1.807) is 37.5 Å². The van der Waals surface area contributed by atoms with Crippen LogP contribution in [0.25, 0.3) is 6.08 Å². The molecule has 0 aliphatic carbocycles. The van der Waals surface area contributed by atoms with Crippen LogP contribution in [0.1, 0.15) is 30.9 Å². The average Bonchev–Trinajstić information content (AvgIpc) is 2.66. The maximum Gasteiger partial charge on any atom is 0.270 e. The number of rotatable bonds is 4. The largest absolute Gasteiger partial charge is 0.497 e. The van der Waals surface area contributed by atoms with Gasteiger partial charge in [-0.1, -0.05) is 38.1 Å². The minimum absolute atomic E-state index is 0.0294. The van der Waals surface area contributed by atoms with Crippen LogP contribution in [0.5, 0.6) is 5.75 Å². The van der Waals surface area contributed by atoms with Crippen molar-refractivity contribution >= 4 is 40.9 Å². The van der Waals surface area contributed by atoms with E-state index in [1.165, 1.54) is 4.90 Å². The first-order chi connectivity index (χ1) is 12.9. The van der Waals surface area contributed by atoms with E-state index in [2.05, 4.69) is 19.2 Å². The molecule has 1 saturated heterocycles. The number of ether oxygens (including phenoxy) is 1. The monoisotopic (exact) mass is 380 g/mol. The molecule has 0 radical (unpaired) electrons. The van der Waals surface area contributed by atoms with Gasteiger partial charge in [-0.2, -0.15) is 0 Å². The molecule has 3 rings (SSSR count). The van der Waals surface area contributed by atoms with Crippen molar-refractivity contribution in [1.82, 2.24) is 5.32 Å². The number of carbonyl (C=O) groups excluding carboxylic acids is 2. The molecule has 0 spiro atoms. The van der Waals surface area contributed by atoms with Crippen molar-refractivity contribution in [2.75, 3.05) is 12.0 Å². The van der Waals surface area contributed by atoms with Gasteiger partial charge in [-0.15, -0.1) is 0 Å². The predicted molar refractivity (Wildman–Crippen MR) is 110 cm³/mol. The van der Waals surface area contributed by atoms with E-state index in [0.29, 0.717) is 17.4 Å². The van der Waals surface area contributed by atoms with Gasteiger partial charge in [-0.05, 0) is 59.6 Å². The molecule has 0 atom stereocenters. The molecule has 0 unspecified atom stereocenters. The summed E-state index contributed by atoms with van der Waals surface area (Å²) in [5, 5.41) is 2.67. The molecule has 1 aliphatic rings. The summed E-state index contributed by atoms with van der Waals surface area (Å²) in [7, 11) is 1.58. The van der Waals surface area contributed by atoms with Crippen molar-refractivity contribution in [3.8, 4) is 5.75 Å². The maximum atomic E-state index is 13.0. The molecular weight excluding hydrogens is 360 g/mol. The Balaban J connectivity index is 1.94. The molecule has 1 heterocycles. The summed E-state index contributed by atoms with van der Waals surface area (Å²) in [4.78, 5) is 26.6. The first kappa shape index (κ1) is 18.8. The summed E-state index contributed by atoms with van der Waals surface area (Å²) in [6.07, 6.45) is 1.55. The molecule has 2 amide bonds. The minimum atomic E-state index is -0.504. The van der Waals surface area contributed by atoms with Crippen LogP contribution in [-0.4, -0.2) is 24.0 Å². The highest BCUT2D eigenvalue weighted by atomic mass is 32.1. The molecule has 1 N–H and O–H groups in total. The summed E-state index contributed by atoms with van der Waals surface area (Å²) >= 11 is 5.23. The van der Waals surface area contributed by atoms with Crippen LogP contribution in [0.2, 0.25) is 0 Å². The number of nitrogens with one attached hydrogen (secondary N) is 1. The third kappa shape index (κ3) is 3.90. The number of anilines is 1. The SMILES string of the molecule is COc1ccc(/C=C2\C(=O)NC(=S)N(c3ccc(C(C)C)cc3)C2=O)cc1. The lowest BCUT2D eigenvalue weighted by atomic mass is 10.0. The van der Waals surface area contributed by atoms with Crippen molar-refractivity contribution in [3.63, 3.8) is 0 Å². The van der Waals surface area contributed by atoms with E-state index >= 15 is 0 Å². The first-order valence-corrected chi connectivity index (χ1v) is 8.97. The lowest BCUT2D eigenvalue weighted by Crippen LogP contribution is -2.54. The van der Waals surface area contributed by atoms with E-state index in [1.807, 2.05) is 24.3 Å². The Bertz CT molecular complexity index is 915. The molecular formula is C21H20N2O3S. The van der Waals surface area contributed by atoms with Crippen molar-refractivity contribution < 1.29 is 14.3 Å². The zero-order valence-corrected chi connectivity index (χ0v) is 16.2. The van der Waals surface area contributed by atoms with Crippen LogP contribution in [0.4, 0.5) is 5.69 Å². The Labute approximate surface area is 163 Å². The normalized spacial score (nSPS) is 16.1. The lowest BCUT2D eigenvalue weighted by molar-refractivity contribution is -0.122. The summed E-state index contributed by atoms with van der Waals surface area (Å²) in [6.45, 7) is 4.20. The molecule has 2 aromatic rings. The molecule has 6 heteroatoms. The molecule has 0 aromatic heterocycles. The molecule has 2 aromatic carbocycles. The van der Waals surface area contributed by atoms with Gasteiger partial charge in [0, 0.05) is 0 Å². The van der Waals surface area contributed by atoms with E-state index < -0.39 is 11.8 Å². The predicted octanol–water partition coefficient (Wildman–Crippen LogP) is 3.65. The molecule has 138 valence electrons. The Morgan fingerprint density at radius 3 is 2.22 bits per heavy atom. The van der Waals surface area contributed by atoms with E-state index in [9.17, 15) is 9.59 Å². The smallest absolute Gasteiger partial charge is 0.270 e. The molecule has 5 nitrogen and oxygen atoms in total. The summed E-state index contributed by atoms with van der Waals surface area (Å²) < 4.78 is 5.12. The molecule has 1 fully saturated rings. The maximum absolute atomic E-state index is 13.0. The topological polar surface area (TPSA) is 58.6 Å². The van der Waals surface area contributed by atoms with E-state index in [0.717, 1.165) is 11.1 Å². The number of methoxy groups -OCH3 is 1. The highest BCUT2D eigenvalue weighted by molar-refractivity contribution is 7.80. The van der Waals surface area contributed by atoms with Crippen molar-refractivity contribution in [3.05, 3.63) is 65.2 Å². The third-order valence-corrected chi connectivity index (χ3v) is 4.63. The van der Waals surface area contributed by atoms with Crippen LogP contribution in [-0.2, 0) is 9.59 Å². The van der Waals surface area contributed by atoms with Gasteiger partial charge in [0.25, 0.3) is 11.8 Å². The Morgan fingerprint density at radius 1 is 1.04 bits per heavy atom. The standard InChI is InChI=1S/C21H20N2O3S/c1-13(2)15-6-8-16(9-7-15)23-20(25)18(19(24)22-21(23)27)12-14-4-10-17(26-3)11-5-14/h4-13H,1-3H3,(H,22,24,27)/b18-12+. The molecule has 27 heavy (non-hydrogen) atoms. The van der Waals surface area contributed by atoms with Crippen LogP contribution in [0.15, 0.2) is 54.1 Å². The fraction of sp³-hybridized carbons (Fsp3) is 0.190. The van der Waals surface area contributed by atoms with Crippen LogP contribution in [0, 0.1) is 0 Å². The van der Waals surface area contributed by atoms with Gasteiger partial charge in [0.1, 0.15) is 11.3 Å². The molecule has 1 aliphatic heterocycles. The quantitative estimate of drug-likeness (QED) is 0.500. The summed E-state index contributed by atoms with van der Waals surface area (Å²) in [6, 6.07) is 14.7. The van der Waals surface area contributed by atoms with Gasteiger partial charge >= 0.3 is 0 Å². The first-order valence-electron chi connectivity index (χ1n) is 8.56. The van der Waals surface area contributed by atoms with Gasteiger partial charge in [0.05, 0.1) is 12.8 Å². The number of hydrogen-bond acceptors (Lipinski definition) is 4. The number of thiocarbonyl (C=S) groups is 1. The van der Waals surface area contributed by atoms with Gasteiger partial charge in [-0.3, -0.25) is 19.8 Å². The number of amides is 2. The Hall–Kier alpha value is -2.99. The third-order valence-electron chi connectivity index (χ3n) is 4.35. The number of carbonyl (C=O) groups is 2. The molecule has 0 saturated carbocycles. The second kappa shape index (κ2) is 7.72. The zero-order valence-electron chi connectivity index (χ0n) is 15.4. The van der Waals surface area contributed by atoms with Crippen LogP contribution >= 0.6 is 12.2 Å². The highest BCUT2D eigenvalue weighted by Crippen LogP contribution is 2.25. The van der Waals surface area contributed by atoms with E-state index in [-0.39, 0.29) is 10.7 Å². The van der Waals surface area contributed by atoms with Gasteiger partial charge in [0.2, 0.25) is 0 Å². The Morgan fingerprint density at radius 2 is 1.67 bits per heavy atom. The fourth-order valence-electron chi connectivity index (χ4n) is 2.77. The second-order valence-electron chi connectivity index (χ2n) is 6.48. The summed E-state index contributed by atoms with van der Waals surface area (Å²) in [5.74, 6) is 0.130. The molecule has 0 bridgehead atoms. The van der Waals surface area contributed by atoms with Crippen LogP contribution < -0.4 is 15.0 Å². The van der Waals surface area contributed by atoms with Crippen molar-refractivity contribution in [1.29, 1.82) is 0 Å².